The monoisotopic (exact) mass is 288 g/mol. The van der Waals surface area contributed by atoms with Gasteiger partial charge in [0.15, 0.2) is 0 Å². The van der Waals surface area contributed by atoms with E-state index in [1.807, 2.05) is 48.9 Å². The lowest BCUT2D eigenvalue weighted by atomic mass is 10.2. The average molecular weight is 288 g/mol. The summed E-state index contributed by atoms with van der Waals surface area (Å²) in [7, 11) is 0. The van der Waals surface area contributed by atoms with Gasteiger partial charge in [0.1, 0.15) is 12.3 Å². The Morgan fingerprint density at radius 1 is 1.33 bits per heavy atom. The number of fused-ring (bicyclic) bond motifs is 1. The fourth-order valence-corrected chi connectivity index (χ4v) is 2.55. The summed E-state index contributed by atoms with van der Waals surface area (Å²) in [4.78, 5) is 12.1. The molecule has 0 aliphatic heterocycles. The van der Waals surface area contributed by atoms with Crippen LogP contribution in [0.5, 0.6) is 5.75 Å². The SMILES string of the molecule is CCCC(C)NC(=O)Cn1ccc2cc(OCC)ccc21. The van der Waals surface area contributed by atoms with E-state index in [0.717, 1.165) is 29.5 Å². The van der Waals surface area contributed by atoms with Crippen molar-refractivity contribution in [3.63, 3.8) is 0 Å². The summed E-state index contributed by atoms with van der Waals surface area (Å²) in [5, 5.41) is 4.12. The number of amides is 1. The van der Waals surface area contributed by atoms with Gasteiger partial charge in [-0.1, -0.05) is 13.3 Å². The fraction of sp³-hybridized carbons (Fsp3) is 0.471. The smallest absolute Gasteiger partial charge is 0.240 e. The van der Waals surface area contributed by atoms with E-state index in [4.69, 9.17) is 4.74 Å². The summed E-state index contributed by atoms with van der Waals surface area (Å²) < 4.78 is 7.47. The van der Waals surface area contributed by atoms with Crippen LogP contribution in [0.25, 0.3) is 10.9 Å². The summed E-state index contributed by atoms with van der Waals surface area (Å²) in [5.41, 5.74) is 1.05. The summed E-state index contributed by atoms with van der Waals surface area (Å²) >= 11 is 0. The maximum Gasteiger partial charge on any atom is 0.240 e. The van der Waals surface area contributed by atoms with Crippen LogP contribution in [-0.2, 0) is 11.3 Å². The molecule has 1 aromatic heterocycles. The van der Waals surface area contributed by atoms with Gasteiger partial charge >= 0.3 is 0 Å². The molecule has 2 aromatic rings. The minimum absolute atomic E-state index is 0.0577. The highest BCUT2D eigenvalue weighted by Gasteiger charge is 2.09. The van der Waals surface area contributed by atoms with E-state index in [0.29, 0.717) is 13.2 Å². The summed E-state index contributed by atoms with van der Waals surface area (Å²) in [6.07, 6.45) is 4.04. The Bertz CT molecular complexity index is 604. The van der Waals surface area contributed by atoms with Crippen molar-refractivity contribution in [2.24, 2.45) is 0 Å². The summed E-state index contributed by atoms with van der Waals surface area (Å²) in [6.45, 7) is 7.15. The third-order valence-electron chi connectivity index (χ3n) is 3.50. The first-order valence-corrected chi connectivity index (χ1v) is 7.65. The van der Waals surface area contributed by atoms with Crippen LogP contribution in [0.2, 0.25) is 0 Å². The topological polar surface area (TPSA) is 43.3 Å². The normalized spacial score (nSPS) is 12.3. The minimum Gasteiger partial charge on any atom is -0.494 e. The van der Waals surface area contributed by atoms with Gasteiger partial charge in [-0.3, -0.25) is 4.79 Å². The molecule has 4 nitrogen and oxygen atoms in total. The lowest BCUT2D eigenvalue weighted by Crippen LogP contribution is -2.34. The Morgan fingerprint density at radius 3 is 2.86 bits per heavy atom. The molecule has 0 aliphatic carbocycles. The Balaban J connectivity index is 2.07. The first-order valence-electron chi connectivity index (χ1n) is 7.65. The number of nitrogens with zero attached hydrogens (tertiary/aromatic N) is 1. The zero-order valence-corrected chi connectivity index (χ0v) is 13.1. The molecule has 1 N–H and O–H groups in total. The second-order valence-electron chi connectivity index (χ2n) is 5.35. The van der Waals surface area contributed by atoms with Gasteiger partial charge in [0.25, 0.3) is 0 Å². The van der Waals surface area contributed by atoms with Gasteiger partial charge in [-0.05, 0) is 44.5 Å². The number of carbonyl (C=O) groups excluding carboxylic acids is 1. The zero-order chi connectivity index (χ0) is 15.2. The van der Waals surface area contributed by atoms with E-state index in [1.165, 1.54) is 0 Å². The van der Waals surface area contributed by atoms with Crippen molar-refractivity contribution in [3.05, 3.63) is 30.5 Å². The van der Waals surface area contributed by atoms with E-state index < -0.39 is 0 Å². The number of benzene rings is 1. The van der Waals surface area contributed by atoms with Gasteiger partial charge < -0.3 is 14.6 Å². The molecule has 2 rings (SSSR count). The van der Waals surface area contributed by atoms with Crippen LogP contribution in [0.3, 0.4) is 0 Å². The third-order valence-corrected chi connectivity index (χ3v) is 3.50. The molecule has 21 heavy (non-hydrogen) atoms. The maximum absolute atomic E-state index is 12.1. The minimum atomic E-state index is 0.0577. The van der Waals surface area contributed by atoms with Crippen molar-refractivity contribution in [1.29, 1.82) is 0 Å². The van der Waals surface area contributed by atoms with E-state index >= 15 is 0 Å². The predicted octanol–water partition coefficient (Wildman–Crippen LogP) is 3.34. The standard InChI is InChI=1S/C17H24N2O2/c1-4-6-13(3)18-17(20)12-19-10-9-14-11-15(21-5-2)7-8-16(14)19/h7-11,13H,4-6,12H2,1-3H3,(H,18,20). The largest absolute Gasteiger partial charge is 0.494 e. The molecule has 1 aromatic carbocycles. The van der Waals surface area contributed by atoms with Crippen LogP contribution in [0.15, 0.2) is 30.5 Å². The van der Waals surface area contributed by atoms with Crippen molar-refractivity contribution >= 4 is 16.8 Å². The summed E-state index contributed by atoms with van der Waals surface area (Å²) in [6, 6.07) is 8.20. The number of nitrogens with one attached hydrogen (secondary N) is 1. The average Bonchev–Trinajstić information content (AvgIpc) is 2.81. The molecule has 0 bridgehead atoms. The molecule has 0 saturated carbocycles. The van der Waals surface area contributed by atoms with Crippen molar-refractivity contribution in [2.45, 2.75) is 46.2 Å². The lowest BCUT2D eigenvalue weighted by molar-refractivity contribution is -0.122. The van der Waals surface area contributed by atoms with E-state index in [9.17, 15) is 4.79 Å². The Labute approximate surface area is 126 Å². The number of rotatable bonds is 7. The highest BCUT2D eigenvalue weighted by molar-refractivity contribution is 5.84. The molecule has 0 radical (unpaired) electrons. The Morgan fingerprint density at radius 2 is 2.14 bits per heavy atom. The van der Waals surface area contributed by atoms with Crippen LogP contribution in [0.1, 0.15) is 33.6 Å². The van der Waals surface area contributed by atoms with Gasteiger partial charge in [0, 0.05) is 23.1 Å². The molecule has 1 atom stereocenters. The molecule has 114 valence electrons. The first kappa shape index (κ1) is 15.4. The molecule has 0 saturated heterocycles. The molecule has 1 amide bonds. The Hall–Kier alpha value is -1.97. The van der Waals surface area contributed by atoms with Crippen LogP contribution in [0, 0.1) is 0 Å². The maximum atomic E-state index is 12.1. The zero-order valence-electron chi connectivity index (χ0n) is 13.1. The Kier molecular flexibility index (Phi) is 5.26. The van der Waals surface area contributed by atoms with Gasteiger partial charge in [0.05, 0.1) is 6.61 Å². The van der Waals surface area contributed by atoms with Crippen LogP contribution >= 0.6 is 0 Å². The van der Waals surface area contributed by atoms with Gasteiger partial charge in [0.2, 0.25) is 5.91 Å². The molecule has 4 heteroatoms. The fourth-order valence-electron chi connectivity index (χ4n) is 2.55. The molecule has 1 heterocycles. The van der Waals surface area contributed by atoms with Crippen molar-refractivity contribution < 1.29 is 9.53 Å². The molecule has 1 unspecified atom stereocenters. The van der Waals surface area contributed by atoms with Crippen LogP contribution < -0.4 is 10.1 Å². The van der Waals surface area contributed by atoms with E-state index in [-0.39, 0.29) is 11.9 Å². The van der Waals surface area contributed by atoms with Crippen LogP contribution in [-0.4, -0.2) is 23.1 Å². The highest BCUT2D eigenvalue weighted by atomic mass is 16.5. The molecular weight excluding hydrogens is 264 g/mol. The van der Waals surface area contributed by atoms with Gasteiger partial charge in [-0.25, -0.2) is 0 Å². The number of ether oxygens (including phenoxy) is 1. The van der Waals surface area contributed by atoms with Crippen LogP contribution in [0.4, 0.5) is 0 Å². The summed E-state index contributed by atoms with van der Waals surface area (Å²) in [5.74, 6) is 0.922. The molecular formula is C17H24N2O2. The first-order chi connectivity index (χ1) is 10.1. The highest BCUT2D eigenvalue weighted by Crippen LogP contribution is 2.22. The number of aromatic nitrogens is 1. The van der Waals surface area contributed by atoms with Crippen molar-refractivity contribution in [3.8, 4) is 5.75 Å². The second kappa shape index (κ2) is 7.16. The van der Waals surface area contributed by atoms with E-state index in [2.05, 4.69) is 12.2 Å². The third kappa shape index (κ3) is 4.00. The molecule has 0 fully saturated rings. The predicted molar refractivity (Wildman–Crippen MR) is 85.6 cm³/mol. The van der Waals surface area contributed by atoms with Gasteiger partial charge in [-0.2, -0.15) is 0 Å². The van der Waals surface area contributed by atoms with Crippen molar-refractivity contribution in [1.82, 2.24) is 9.88 Å². The molecule has 0 aliphatic rings. The second-order valence-corrected chi connectivity index (χ2v) is 5.35. The quantitative estimate of drug-likeness (QED) is 0.849. The molecule has 0 spiro atoms. The van der Waals surface area contributed by atoms with Gasteiger partial charge in [-0.15, -0.1) is 0 Å². The number of hydrogen-bond donors (Lipinski definition) is 1. The number of hydrogen-bond acceptors (Lipinski definition) is 2. The van der Waals surface area contributed by atoms with E-state index in [1.54, 1.807) is 0 Å². The lowest BCUT2D eigenvalue weighted by Gasteiger charge is -2.13. The van der Waals surface area contributed by atoms with Crippen molar-refractivity contribution in [2.75, 3.05) is 6.61 Å². The number of carbonyl (C=O) groups is 1.